The van der Waals surface area contributed by atoms with Crippen LogP contribution in [0, 0.1) is 11.2 Å². The average molecular weight is 616 g/mol. The number of nitrogens with zero attached hydrogens (tertiary/aromatic N) is 5. The second kappa shape index (κ2) is 12.8. The Morgan fingerprint density at radius 2 is 1.53 bits per heavy atom. The quantitative estimate of drug-likeness (QED) is 0.364. The van der Waals surface area contributed by atoms with Crippen molar-refractivity contribution in [1.82, 2.24) is 19.7 Å². The van der Waals surface area contributed by atoms with Gasteiger partial charge in [0.2, 0.25) is 11.8 Å². The van der Waals surface area contributed by atoms with Crippen molar-refractivity contribution in [2.45, 2.75) is 31.7 Å². The number of hydrogen-bond donors (Lipinski definition) is 2. The summed E-state index contributed by atoms with van der Waals surface area (Å²) in [5.74, 6) is -0.229. The van der Waals surface area contributed by atoms with Crippen molar-refractivity contribution in [2.24, 2.45) is 11.1 Å². The highest BCUT2D eigenvalue weighted by Gasteiger charge is 2.57. The van der Waals surface area contributed by atoms with Crippen LogP contribution in [-0.4, -0.2) is 89.9 Å². The summed E-state index contributed by atoms with van der Waals surface area (Å²) in [5.41, 5.74) is 5.21. The number of carbonyl (C=O) groups is 3. The van der Waals surface area contributed by atoms with Gasteiger partial charge in [-0.2, -0.15) is 0 Å². The Morgan fingerprint density at radius 3 is 2.13 bits per heavy atom. The number of piperidine rings is 1. The predicted molar refractivity (Wildman–Crippen MR) is 168 cm³/mol. The summed E-state index contributed by atoms with van der Waals surface area (Å²) in [4.78, 5) is 51.1. The molecule has 11 nitrogen and oxygen atoms in total. The monoisotopic (exact) mass is 615 g/mol. The molecule has 1 saturated carbocycles. The van der Waals surface area contributed by atoms with E-state index in [9.17, 15) is 18.8 Å². The highest BCUT2D eigenvalue weighted by molar-refractivity contribution is 6.16. The number of hydrogen-bond acceptors (Lipinski definition) is 7. The molecule has 3 aliphatic rings. The van der Waals surface area contributed by atoms with Crippen LogP contribution in [0.15, 0.2) is 66.9 Å². The molecule has 3 heterocycles. The lowest BCUT2D eigenvalue weighted by molar-refractivity contribution is -0.133. The van der Waals surface area contributed by atoms with Crippen LogP contribution < -0.4 is 20.7 Å². The summed E-state index contributed by atoms with van der Waals surface area (Å²) in [7, 11) is 2.15. The van der Waals surface area contributed by atoms with Gasteiger partial charge in [0, 0.05) is 68.9 Å². The van der Waals surface area contributed by atoms with Crippen LogP contribution >= 0.6 is 0 Å². The van der Waals surface area contributed by atoms with Crippen molar-refractivity contribution < 1.29 is 23.5 Å². The van der Waals surface area contributed by atoms with E-state index in [4.69, 9.17) is 10.5 Å². The van der Waals surface area contributed by atoms with Gasteiger partial charge in [-0.25, -0.2) is 14.2 Å². The molecular formula is C33H38FN7O4. The number of anilines is 3. The minimum atomic E-state index is -1.26. The number of piperazine rings is 1. The molecule has 0 unspecified atom stereocenters. The molecule has 45 heavy (non-hydrogen) atoms. The molecule has 3 N–H and O–H groups in total. The second-order valence-electron chi connectivity index (χ2n) is 12.0. The van der Waals surface area contributed by atoms with Crippen LogP contribution in [0.2, 0.25) is 0 Å². The summed E-state index contributed by atoms with van der Waals surface area (Å²) in [6, 6.07) is 15.9. The average Bonchev–Trinajstić information content (AvgIpc) is 3.86. The van der Waals surface area contributed by atoms with Crippen molar-refractivity contribution in [3.63, 3.8) is 0 Å². The molecule has 3 aromatic rings. The van der Waals surface area contributed by atoms with Gasteiger partial charge in [0.1, 0.15) is 28.5 Å². The molecule has 236 valence electrons. The zero-order valence-electron chi connectivity index (χ0n) is 25.3. The highest BCUT2D eigenvalue weighted by atomic mass is 19.1. The largest absolute Gasteiger partial charge is 0.457 e. The predicted octanol–water partition coefficient (Wildman–Crippen LogP) is 4.19. The van der Waals surface area contributed by atoms with Gasteiger partial charge in [0.05, 0.1) is 0 Å². The van der Waals surface area contributed by atoms with Crippen molar-refractivity contribution in [1.29, 1.82) is 0 Å². The summed E-state index contributed by atoms with van der Waals surface area (Å²) < 4.78 is 19.7. The maximum atomic E-state index is 13.6. The number of benzene rings is 2. The van der Waals surface area contributed by atoms with Gasteiger partial charge in [0.15, 0.2) is 0 Å². The van der Waals surface area contributed by atoms with Crippen molar-refractivity contribution in [2.75, 3.05) is 56.5 Å². The molecular weight excluding hydrogens is 577 g/mol. The Labute approximate surface area is 261 Å². The number of halogens is 1. The van der Waals surface area contributed by atoms with Gasteiger partial charge in [-0.1, -0.05) is 0 Å². The fourth-order valence-electron chi connectivity index (χ4n) is 6.03. The topological polar surface area (TPSA) is 124 Å². The van der Waals surface area contributed by atoms with Crippen LogP contribution in [0.25, 0.3) is 0 Å². The standard InChI is InChI=1S/C33H38FN7O4/c1-38-18-20-39(21-19-38)24-11-16-40(17-12-24)32(44)37-29-22-28(10-15-36-29)45-27-8-6-26(7-9-27)41(25-4-2-23(34)3-5-25)31(43)33(13-14-33)30(35)42/h2-10,15,22,24H,11-14,16-21H2,1H3,(H2,35,42)(H,36,37,44). The molecule has 0 atom stereocenters. The number of rotatable bonds is 8. The van der Waals surface area contributed by atoms with Crippen LogP contribution in [0.1, 0.15) is 25.7 Å². The number of pyridine rings is 1. The fraction of sp³-hybridized carbons (Fsp3) is 0.394. The first-order valence-electron chi connectivity index (χ1n) is 15.3. The van der Waals surface area contributed by atoms with Gasteiger partial charge < -0.3 is 20.3 Å². The maximum absolute atomic E-state index is 13.6. The lowest BCUT2D eigenvalue weighted by Gasteiger charge is -2.42. The van der Waals surface area contributed by atoms with Crippen molar-refractivity contribution in [3.05, 3.63) is 72.7 Å². The first-order valence-corrected chi connectivity index (χ1v) is 15.3. The van der Waals surface area contributed by atoms with Gasteiger partial charge in [0.25, 0.3) is 0 Å². The Morgan fingerprint density at radius 1 is 0.911 bits per heavy atom. The number of primary amides is 1. The zero-order valence-corrected chi connectivity index (χ0v) is 25.3. The molecule has 2 aliphatic heterocycles. The molecule has 1 aliphatic carbocycles. The summed E-state index contributed by atoms with van der Waals surface area (Å²) in [6.07, 6.45) is 4.22. The number of urea groups is 1. The van der Waals surface area contributed by atoms with Crippen LogP contribution in [-0.2, 0) is 9.59 Å². The van der Waals surface area contributed by atoms with Gasteiger partial charge in [-0.15, -0.1) is 0 Å². The minimum Gasteiger partial charge on any atom is -0.457 e. The Balaban J connectivity index is 1.08. The van der Waals surface area contributed by atoms with Crippen molar-refractivity contribution in [3.8, 4) is 11.5 Å². The van der Waals surface area contributed by atoms with E-state index in [1.165, 1.54) is 29.2 Å². The Kier molecular flexibility index (Phi) is 8.68. The molecule has 4 amide bonds. The number of ether oxygens (including phenoxy) is 1. The third kappa shape index (κ3) is 6.76. The van der Waals surface area contributed by atoms with Crippen LogP contribution in [0.3, 0.4) is 0 Å². The Hall–Kier alpha value is -4.55. The number of likely N-dealkylation sites (N-methyl/N-ethyl adjacent to an activating group) is 1. The third-order valence-electron chi connectivity index (χ3n) is 9.02. The molecule has 2 aromatic carbocycles. The lowest BCUT2D eigenvalue weighted by Crippen LogP contribution is -2.53. The number of likely N-dealkylation sites (tertiary alicyclic amines) is 1. The Bertz CT molecular complexity index is 1530. The number of amides is 4. The first kappa shape index (κ1) is 30.5. The van der Waals surface area contributed by atoms with E-state index in [0.29, 0.717) is 60.7 Å². The molecule has 0 radical (unpaired) electrons. The molecule has 2 saturated heterocycles. The van der Waals surface area contributed by atoms with Gasteiger partial charge >= 0.3 is 6.03 Å². The number of nitrogens with two attached hydrogens (primary N) is 1. The minimum absolute atomic E-state index is 0.184. The summed E-state index contributed by atoms with van der Waals surface area (Å²) >= 11 is 0. The van der Waals surface area contributed by atoms with E-state index in [0.717, 1.165) is 39.0 Å². The van der Waals surface area contributed by atoms with E-state index in [1.807, 2.05) is 4.90 Å². The van der Waals surface area contributed by atoms with Gasteiger partial charge in [-0.3, -0.25) is 24.7 Å². The molecule has 0 bridgehead atoms. The first-order chi connectivity index (χ1) is 21.7. The molecule has 12 heteroatoms. The molecule has 6 rings (SSSR count). The number of nitrogens with one attached hydrogen (secondary N) is 1. The summed E-state index contributed by atoms with van der Waals surface area (Å²) in [5, 5.41) is 2.89. The smallest absolute Gasteiger partial charge is 0.323 e. The van der Waals surface area contributed by atoms with E-state index >= 15 is 0 Å². The second-order valence-corrected chi connectivity index (χ2v) is 12.0. The number of carbonyl (C=O) groups excluding carboxylic acids is 3. The van der Waals surface area contributed by atoms with E-state index in [-0.39, 0.29) is 6.03 Å². The third-order valence-corrected chi connectivity index (χ3v) is 9.02. The van der Waals surface area contributed by atoms with Crippen molar-refractivity contribution >= 4 is 35.0 Å². The molecule has 0 spiro atoms. The van der Waals surface area contributed by atoms with E-state index in [1.54, 1.807) is 42.6 Å². The normalized spacial score (nSPS) is 18.7. The highest BCUT2D eigenvalue weighted by Crippen LogP contribution is 2.49. The number of aromatic nitrogens is 1. The maximum Gasteiger partial charge on any atom is 0.323 e. The fourth-order valence-corrected chi connectivity index (χ4v) is 6.03. The van der Waals surface area contributed by atoms with Crippen LogP contribution in [0.4, 0.5) is 26.4 Å². The lowest BCUT2D eigenvalue weighted by atomic mass is 10.0. The molecule has 1 aromatic heterocycles. The zero-order chi connectivity index (χ0) is 31.6. The van der Waals surface area contributed by atoms with E-state index in [2.05, 4.69) is 27.1 Å². The molecule has 3 fully saturated rings. The van der Waals surface area contributed by atoms with Crippen LogP contribution in [0.5, 0.6) is 11.5 Å². The van der Waals surface area contributed by atoms with Gasteiger partial charge in [-0.05, 0) is 87.3 Å². The summed E-state index contributed by atoms with van der Waals surface area (Å²) in [6.45, 7) is 5.72. The van der Waals surface area contributed by atoms with E-state index < -0.39 is 23.0 Å². The SMILES string of the molecule is CN1CCN(C2CCN(C(=O)Nc3cc(Oc4ccc(N(C(=O)C5(C(N)=O)CC5)c5ccc(F)cc5)cc4)ccn3)CC2)CC1.